The van der Waals surface area contributed by atoms with Crippen molar-refractivity contribution >= 4 is 23.4 Å². The van der Waals surface area contributed by atoms with E-state index in [1.807, 2.05) is 66.9 Å². The topological polar surface area (TPSA) is 42.0 Å². The monoisotopic (exact) mass is 376 g/mol. The molecule has 0 radical (unpaired) electrons. The molecule has 2 aromatic carbocycles. The molecular formula is C23H24N2OS. The van der Waals surface area contributed by atoms with Crippen molar-refractivity contribution in [2.24, 2.45) is 0 Å². The minimum absolute atomic E-state index is 0.0545. The minimum atomic E-state index is -0.115. The van der Waals surface area contributed by atoms with Crippen molar-refractivity contribution in [2.45, 2.75) is 36.3 Å². The van der Waals surface area contributed by atoms with Gasteiger partial charge in [-0.3, -0.25) is 9.78 Å². The van der Waals surface area contributed by atoms with Crippen molar-refractivity contribution in [1.29, 1.82) is 0 Å². The molecule has 27 heavy (non-hydrogen) atoms. The number of rotatable bonds is 8. The predicted octanol–water partition coefficient (Wildman–Crippen LogP) is 5.90. The van der Waals surface area contributed by atoms with Crippen molar-refractivity contribution in [3.8, 4) is 0 Å². The van der Waals surface area contributed by atoms with Gasteiger partial charge in [0.1, 0.15) is 0 Å². The lowest BCUT2D eigenvalue weighted by atomic mass is 9.93. The molecule has 0 spiro atoms. The maximum Gasteiger partial charge on any atom is 0.231 e. The van der Waals surface area contributed by atoms with E-state index in [-0.39, 0.29) is 11.8 Å². The first-order valence-electron chi connectivity index (χ1n) is 9.24. The lowest BCUT2D eigenvalue weighted by molar-refractivity contribution is -0.117. The van der Waals surface area contributed by atoms with Crippen molar-refractivity contribution in [2.75, 3.05) is 5.32 Å². The van der Waals surface area contributed by atoms with Crippen molar-refractivity contribution < 1.29 is 4.79 Å². The number of pyridine rings is 1. The second-order valence-corrected chi connectivity index (χ2v) is 7.46. The zero-order valence-electron chi connectivity index (χ0n) is 15.5. The Bertz CT molecular complexity index is 835. The smallest absolute Gasteiger partial charge is 0.231 e. The third-order valence-corrected chi connectivity index (χ3v) is 5.43. The Balaban J connectivity index is 1.60. The number of carbonyl (C=O) groups is 1. The number of thioether (sulfide) groups is 1. The highest BCUT2D eigenvalue weighted by molar-refractivity contribution is 7.98. The van der Waals surface area contributed by atoms with E-state index < -0.39 is 0 Å². The van der Waals surface area contributed by atoms with E-state index in [1.54, 1.807) is 18.0 Å². The van der Waals surface area contributed by atoms with Gasteiger partial charge >= 0.3 is 0 Å². The second-order valence-electron chi connectivity index (χ2n) is 6.42. The molecule has 1 heterocycles. The van der Waals surface area contributed by atoms with Gasteiger partial charge < -0.3 is 5.32 Å². The van der Waals surface area contributed by atoms with Gasteiger partial charge in [0.05, 0.1) is 5.92 Å². The fourth-order valence-corrected chi connectivity index (χ4v) is 3.77. The first-order valence-corrected chi connectivity index (χ1v) is 10.2. The van der Waals surface area contributed by atoms with Crippen LogP contribution in [0.2, 0.25) is 0 Å². The fraction of sp³-hybridized carbons (Fsp3) is 0.217. The van der Waals surface area contributed by atoms with E-state index in [0.717, 1.165) is 29.8 Å². The molecule has 0 fully saturated rings. The summed E-state index contributed by atoms with van der Waals surface area (Å²) < 4.78 is 0. The average molecular weight is 377 g/mol. The summed E-state index contributed by atoms with van der Waals surface area (Å²) in [6.07, 6.45) is 5.48. The molecule has 1 atom stereocenters. The highest BCUT2D eigenvalue weighted by atomic mass is 32.2. The number of nitrogens with one attached hydrogen (secondary N) is 1. The van der Waals surface area contributed by atoms with E-state index in [4.69, 9.17) is 0 Å². The molecule has 3 nitrogen and oxygen atoms in total. The molecule has 0 aliphatic heterocycles. The molecule has 1 aromatic heterocycles. The van der Waals surface area contributed by atoms with Crippen LogP contribution in [0.5, 0.6) is 0 Å². The van der Waals surface area contributed by atoms with Gasteiger partial charge in [-0.15, -0.1) is 11.8 Å². The highest BCUT2D eigenvalue weighted by Crippen LogP contribution is 2.26. The third-order valence-electron chi connectivity index (χ3n) is 4.35. The van der Waals surface area contributed by atoms with Gasteiger partial charge in [0.15, 0.2) is 0 Å². The number of aromatic nitrogens is 1. The fourth-order valence-electron chi connectivity index (χ4n) is 2.94. The number of benzene rings is 2. The lowest BCUT2D eigenvalue weighted by Gasteiger charge is -2.16. The van der Waals surface area contributed by atoms with Crippen molar-refractivity contribution in [3.63, 3.8) is 0 Å². The molecule has 138 valence electrons. The molecule has 1 amide bonds. The van der Waals surface area contributed by atoms with Crippen LogP contribution in [0.3, 0.4) is 0 Å². The molecule has 0 bridgehead atoms. The third kappa shape index (κ3) is 5.69. The Morgan fingerprint density at radius 3 is 2.48 bits per heavy atom. The van der Waals surface area contributed by atoms with E-state index in [0.29, 0.717) is 0 Å². The molecule has 0 saturated carbocycles. The summed E-state index contributed by atoms with van der Waals surface area (Å²) in [5, 5.41) is 3.07. The molecule has 1 unspecified atom stereocenters. The lowest BCUT2D eigenvalue weighted by Crippen LogP contribution is -2.21. The van der Waals surface area contributed by atoms with Crippen molar-refractivity contribution in [3.05, 3.63) is 90.3 Å². The van der Waals surface area contributed by atoms with Crippen LogP contribution in [0.1, 0.15) is 36.8 Å². The normalized spacial score (nSPS) is 11.7. The molecule has 1 N–H and O–H groups in total. The average Bonchev–Trinajstić information content (AvgIpc) is 2.73. The van der Waals surface area contributed by atoms with Gasteiger partial charge in [0.2, 0.25) is 5.91 Å². The van der Waals surface area contributed by atoms with Crippen LogP contribution in [-0.4, -0.2) is 10.9 Å². The van der Waals surface area contributed by atoms with Gasteiger partial charge in [-0.25, -0.2) is 0 Å². The number of anilines is 1. The summed E-state index contributed by atoms with van der Waals surface area (Å²) in [4.78, 5) is 18.1. The van der Waals surface area contributed by atoms with Gasteiger partial charge in [0, 0.05) is 28.7 Å². The zero-order valence-corrected chi connectivity index (χ0v) is 16.3. The molecule has 0 aliphatic carbocycles. The number of amides is 1. The highest BCUT2D eigenvalue weighted by Gasteiger charge is 2.19. The van der Waals surface area contributed by atoms with Crippen LogP contribution in [0, 0.1) is 0 Å². The Hall–Kier alpha value is -2.59. The summed E-state index contributed by atoms with van der Waals surface area (Å²) in [5.41, 5.74) is 3.11. The maximum absolute atomic E-state index is 12.8. The Labute approximate surface area is 165 Å². The number of hydrogen-bond acceptors (Lipinski definition) is 3. The predicted molar refractivity (Wildman–Crippen MR) is 113 cm³/mol. The SMILES string of the molecule is CCCC(C(=O)Nc1ccc(SCc2cccnc2)cc1)c1ccccc1. The molecular weight excluding hydrogens is 352 g/mol. The quantitative estimate of drug-likeness (QED) is 0.498. The van der Waals surface area contributed by atoms with Crippen LogP contribution >= 0.6 is 11.8 Å². The number of nitrogens with zero attached hydrogens (tertiary/aromatic N) is 1. The number of carbonyl (C=O) groups excluding carboxylic acids is 1. The molecule has 3 rings (SSSR count). The van der Waals surface area contributed by atoms with E-state index >= 15 is 0 Å². The van der Waals surface area contributed by atoms with Gasteiger partial charge in [-0.1, -0.05) is 49.7 Å². The summed E-state index contributed by atoms with van der Waals surface area (Å²) in [7, 11) is 0. The summed E-state index contributed by atoms with van der Waals surface area (Å²) in [6, 6.07) is 22.1. The Kier molecular flexibility index (Phi) is 7.05. The van der Waals surface area contributed by atoms with Gasteiger partial charge in [-0.2, -0.15) is 0 Å². The summed E-state index contributed by atoms with van der Waals surface area (Å²) in [6.45, 7) is 2.11. The second kappa shape index (κ2) is 9.93. The van der Waals surface area contributed by atoms with Gasteiger partial charge in [-0.05, 0) is 47.9 Å². The van der Waals surface area contributed by atoms with Gasteiger partial charge in [0.25, 0.3) is 0 Å². The maximum atomic E-state index is 12.8. The van der Waals surface area contributed by atoms with E-state index in [2.05, 4.69) is 23.3 Å². The standard InChI is InChI=1S/C23H24N2OS/c1-2-7-22(19-9-4-3-5-10-19)23(26)25-20-11-13-21(14-12-20)27-17-18-8-6-15-24-16-18/h3-6,8-16,22H,2,7,17H2,1H3,(H,25,26). The molecule has 0 aliphatic rings. The largest absolute Gasteiger partial charge is 0.326 e. The molecule has 0 saturated heterocycles. The van der Waals surface area contributed by atoms with Crippen LogP contribution in [0.4, 0.5) is 5.69 Å². The van der Waals surface area contributed by atoms with Crippen LogP contribution in [0.25, 0.3) is 0 Å². The van der Waals surface area contributed by atoms with E-state index in [1.165, 1.54) is 10.5 Å². The summed E-state index contributed by atoms with van der Waals surface area (Å²) in [5.74, 6) is 0.821. The van der Waals surface area contributed by atoms with Crippen LogP contribution < -0.4 is 5.32 Å². The summed E-state index contributed by atoms with van der Waals surface area (Å²) >= 11 is 1.76. The van der Waals surface area contributed by atoms with Crippen LogP contribution in [-0.2, 0) is 10.5 Å². The minimum Gasteiger partial charge on any atom is -0.326 e. The first kappa shape index (κ1) is 19.2. The van der Waals surface area contributed by atoms with E-state index in [9.17, 15) is 4.79 Å². The Morgan fingerprint density at radius 2 is 1.81 bits per heavy atom. The van der Waals surface area contributed by atoms with Crippen molar-refractivity contribution in [1.82, 2.24) is 4.98 Å². The molecule has 3 aromatic rings. The zero-order chi connectivity index (χ0) is 18.9. The molecule has 4 heteroatoms. The Morgan fingerprint density at radius 1 is 1.04 bits per heavy atom. The number of hydrogen-bond donors (Lipinski definition) is 1. The first-order chi connectivity index (χ1) is 13.3. The van der Waals surface area contributed by atoms with Crippen LogP contribution in [0.15, 0.2) is 84.0 Å².